The zero-order valence-electron chi connectivity index (χ0n) is 16.6. The number of nitrogens with zero attached hydrogens (tertiary/aromatic N) is 1. The van der Waals surface area contributed by atoms with Crippen LogP contribution in [0.1, 0.15) is 54.3 Å². The lowest BCUT2D eigenvalue weighted by molar-refractivity contribution is -0.121. The summed E-state index contributed by atoms with van der Waals surface area (Å²) in [5, 5.41) is 5.64. The van der Waals surface area contributed by atoms with Gasteiger partial charge in [-0.25, -0.2) is 0 Å². The number of carbonyl (C=O) groups is 4. The zero-order valence-corrected chi connectivity index (χ0v) is 16.6. The van der Waals surface area contributed by atoms with Crippen molar-refractivity contribution in [2.45, 2.75) is 39.2 Å². The van der Waals surface area contributed by atoms with Gasteiger partial charge in [-0.2, -0.15) is 0 Å². The minimum Gasteiger partial charge on any atom is -0.347 e. The van der Waals surface area contributed by atoms with Crippen LogP contribution < -0.4 is 15.5 Å². The van der Waals surface area contributed by atoms with Crippen molar-refractivity contribution in [3.8, 4) is 0 Å². The van der Waals surface area contributed by atoms with Crippen LogP contribution in [0.3, 0.4) is 0 Å². The average Bonchev–Trinajstić information content (AvgIpc) is 2.99. The fraction of sp³-hybridized carbons (Fsp3) is 0.273. The van der Waals surface area contributed by atoms with Crippen LogP contribution in [0.4, 0.5) is 11.4 Å². The number of imide groups is 1. The van der Waals surface area contributed by atoms with Gasteiger partial charge in [-0.05, 0) is 69.3 Å². The largest absolute Gasteiger partial charge is 0.347 e. The summed E-state index contributed by atoms with van der Waals surface area (Å²) in [6, 6.07) is 12.9. The third-order valence-corrected chi connectivity index (χ3v) is 4.33. The number of hydrogen-bond donors (Lipinski definition) is 2. The molecule has 0 aromatic heterocycles. The summed E-state index contributed by atoms with van der Waals surface area (Å²) in [6.45, 7) is 5.71. The van der Waals surface area contributed by atoms with Gasteiger partial charge < -0.3 is 10.6 Å². The van der Waals surface area contributed by atoms with Gasteiger partial charge in [-0.3, -0.25) is 24.1 Å². The van der Waals surface area contributed by atoms with Crippen LogP contribution in [0.25, 0.3) is 0 Å². The van der Waals surface area contributed by atoms with E-state index in [-0.39, 0.29) is 42.0 Å². The molecule has 1 saturated heterocycles. The van der Waals surface area contributed by atoms with Gasteiger partial charge in [0.15, 0.2) is 0 Å². The number of anilines is 2. The number of benzene rings is 2. The molecule has 1 aliphatic heterocycles. The van der Waals surface area contributed by atoms with Crippen molar-refractivity contribution in [1.29, 1.82) is 0 Å². The molecule has 7 nitrogen and oxygen atoms in total. The van der Waals surface area contributed by atoms with Gasteiger partial charge in [0, 0.05) is 35.2 Å². The first-order valence-electron chi connectivity index (χ1n) is 9.34. The summed E-state index contributed by atoms with van der Waals surface area (Å²) in [5.74, 6) is -0.981. The Morgan fingerprint density at radius 3 is 1.79 bits per heavy atom. The third-order valence-electron chi connectivity index (χ3n) is 4.33. The number of rotatable bonds is 4. The van der Waals surface area contributed by atoms with Crippen molar-refractivity contribution in [3.05, 3.63) is 59.7 Å². The van der Waals surface area contributed by atoms with Crippen molar-refractivity contribution in [3.63, 3.8) is 0 Å². The van der Waals surface area contributed by atoms with E-state index in [1.807, 2.05) is 20.8 Å². The maximum absolute atomic E-state index is 12.4. The Hall–Kier alpha value is -3.48. The van der Waals surface area contributed by atoms with Crippen LogP contribution in [0, 0.1) is 0 Å². The molecule has 4 amide bonds. The van der Waals surface area contributed by atoms with E-state index in [0.29, 0.717) is 22.5 Å². The smallest absolute Gasteiger partial charge is 0.255 e. The van der Waals surface area contributed by atoms with Crippen LogP contribution in [0.2, 0.25) is 0 Å². The van der Waals surface area contributed by atoms with E-state index in [9.17, 15) is 19.2 Å². The predicted octanol–water partition coefficient (Wildman–Crippen LogP) is 3.12. The lowest BCUT2D eigenvalue weighted by atomic mass is 10.1. The molecule has 1 heterocycles. The van der Waals surface area contributed by atoms with Gasteiger partial charge in [0.05, 0.1) is 5.69 Å². The molecule has 2 aromatic rings. The van der Waals surface area contributed by atoms with Gasteiger partial charge >= 0.3 is 0 Å². The number of amides is 4. The molecule has 0 radical (unpaired) electrons. The number of hydrogen-bond acceptors (Lipinski definition) is 4. The first-order chi connectivity index (χ1) is 13.6. The van der Waals surface area contributed by atoms with Crippen LogP contribution in [-0.2, 0) is 9.59 Å². The summed E-state index contributed by atoms with van der Waals surface area (Å²) in [6.07, 6.45) is 0.426. The van der Waals surface area contributed by atoms with Crippen LogP contribution in [-0.4, -0.2) is 29.2 Å². The summed E-state index contributed by atoms with van der Waals surface area (Å²) in [5.41, 5.74) is 1.57. The van der Waals surface area contributed by atoms with E-state index in [1.54, 1.807) is 48.5 Å². The minimum absolute atomic E-state index is 0.183. The monoisotopic (exact) mass is 393 g/mol. The summed E-state index contributed by atoms with van der Waals surface area (Å²) >= 11 is 0. The quantitative estimate of drug-likeness (QED) is 0.780. The van der Waals surface area contributed by atoms with E-state index in [2.05, 4.69) is 10.6 Å². The summed E-state index contributed by atoms with van der Waals surface area (Å²) in [4.78, 5) is 49.3. The Kier molecular flexibility index (Phi) is 5.50. The second-order valence-corrected chi connectivity index (χ2v) is 7.91. The van der Waals surface area contributed by atoms with Gasteiger partial charge in [0.2, 0.25) is 11.8 Å². The van der Waals surface area contributed by atoms with Crippen molar-refractivity contribution in [1.82, 2.24) is 5.32 Å². The van der Waals surface area contributed by atoms with Gasteiger partial charge in [0.1, 0.15) is 0 Å². The summed E-state index contributed by atoms with van der Waals surface area (Å²) in [7, 11) is 0. The van der Waals surface area contributed by atoms with Gasteiger partial charge in [-0.1, -0.05) is 0 Å². The molecule has 0 unspecified atom stereocenters. The predicted molar refractivity (Wildman–Crippen MR) is 110 cm³/mol. The maximum atomic E-state index is 12.4. The highest BCUT2D eigenvalue weighted by molar-refractivity contribution is 6.20. The van der Waals surface area contributed by atoms with Crippen molar-refractivity contribution in [2.24, 2.45) is 0 Å². The highest BCUT2D eigenvalue weighted by atomic mass is 16.2. The Morgan fingerprint density at radius 2 is 1.28 bits per heavy atom. The molecule has 150 valence electrons. The SMILES string of the molecule is CC(C)(C)NC(=O)c1ccc(NC(=O)c2ccc(N3C(=O)CCC3=O)cc2)cc1. The molecule has 1 aliphatic rings. The molecule has 0 saturated carbocycles. The fourth-order valence-electron chi connectivity index (χ4n) is 2.95. The van der Waals surface area contributed by atoms with Crippen LogP contribution in [0.5, 0.6) is 0 Å². The molecule has 7 heteroatoms. The molecule has 1 fully saturated rings. The van der Waals surface area contributed by atoms with E-state index in [1.165, 1.54) is 0 Å². The average molecular weight is 393 g/mol. The zero-order chi connectivity index (χ0) is 21.2. The first-order valence-corrected chi connectivity index (χ1v) is 9.34. The van der Waals surface area contributed by atoms with Crippen molar-refractivity contribution in [2.75, 3.05) is 10.2 Å². The highest BCUT2D eigenvalue weighted by Gasteiger charge is 2.30. The lowest BCUT2D eigenvalue weighted by Gasteiger charge is -2.20. The Morgan fingerprint density at radius 1 is 0.793 bits per heavy atom. The van der Waals surface area contributed by atoms with Crippen molar-refractivity contribution >= 4 is 35.0 Å². The van der Waals surface area contributed by atoms with Crippen LogP contribution in [0.15, 0.2) is 48.5 Å². The second kappa shape index (κ2) is 7.87. The third kappa shape index (κ3) is 4.87. The Bertz CT molecular complexity index is 941. The molecule has 0 aliphatic carbocycles. The maximum Gasteiger partial charge on any atom is 0.255 e. The molecule has 2 aromatic carbocycles. The van der Waals surface area contributed by atoms with Gasteiger partial charge in [-0.15, -0.1) is 0 Å². The number of nitrogens with one attached hydrogen (secondary N) is 2. The standard InChI is InChI=1S/C22H23N3O4/c1-22(2,3)24-21(29)15-4-8-16(9-5-15)23-20(28)14-6-10-17(11-7-14)25-18(26)12-13-19(25)27/h4-11H,12-13H2,1-3H3,(H,23,28)(H,24,29). The molecule has 29 heavy (non-hydrogen) atoms. The molecule has 0 bridgehead atoms. The number of carbonyl (C=O) groups excluding carboxylic acids is 4. The lowest BCUT2D eigenvalue weighted by Crippen LogP contribution is -2.40. The summed E-state index contributed by atoms with van der Waals surface area (Å²) < 4.78 is 0. The second-order valence-electron chi connectivity index (χ2n) is 7.91. The van der Waals surface area contributed by atoms with E-state index < -0.39 is 0 Å². The van der Waals surface area contributed by atoms with E-state index >= 15 is 0 Å². The molecule has 0 spiro atoms. The normalized spacial score (nSPS) is 14.1. The Labute approximate surface area is 169 Å². The topological polar surface area (TPSA) is 95.6 Å². The van der Waals surface area contributed by atoms with E-state index in [0.717, 1.165) is 4.90 Å². The highest BCUT2D eigenvalue weighted by Crippen LogP contribution is 2.23. The Balaban J connectivity index is 1.65. The van der Waals surface area contributed by atoms with Gasteiger partial charge in [0.25, 0.3) is 11.8 Å². The molecule has 0 atom stereocenters. The molecule has 3 rings (SSSR count). The minimum atomic E-state index is -0.333. The molecular weight excluding hydrogens is 370 g/mol. The van der Waals surface area contributed by atoms with E-state index in [4.69, 9.17) is 0 Å². The first kappa shape index (κ1) is 20.3. The molecule has 2 N–H and O–H groups in total. The fourth-order valence-corrected chi connectivity index (χ4v) is 2.95. The van der Waals surface area contributed by atoms with Crippen molar-refractivity contribution < 1.29 is 19.2 Å². The molecular formula is C22H23N3O4. The van der Waals surface area contributed by atoms with Crippen LogP contribution >= 0.6 is 0 Å².